The molecule has 14 heteroatoms. The largest absolute Gasteiger partial charge is 0.445 e. The fraction of sp³-hybridized carbons (Fsp3) is 0.588. The SMILES string of the molecule is O=C(NCCOCCOCCOCCOCCOCCOCCOCCOCCNC(=O)OCc1ccccc1)OCc1ccccc1. The molecule has 0 aliphatic rings. The Morgan fingerprint density at radius 1 is 0.375 bits per heavy atom. The van der Waals surface area contributed by atoms with Gasteiger partial charge in [-0.05, 0) is 11.1 Å². The average molecular weight is 681 g/mol. The summed E-state index contributed by atoms with van der Waals surface area (Å²) in [5.41, 5.74) is 1.87. The summed E-state index contributed by atoms with van der Waals surface area (Å²) >= 11 is 0. The molecule has 2 rings (SSSR count). The summed E-state index contributed by atoms with van der Waals surface area (Å²) in [6, 6.07) is 19.0. The van der Waals surface area contributed by atoms with Crippen LogP contribution < -0.4 is 10.6 Å². The Balaban J connectivity index is 1.17. The van der Waals surface area contributed by atoms with Crippen molar-refractivity contribution in [2.24, 2.45) is 0 Å². The number of ether oxygens (including phenoxy) is 10. The number of benzene rings is 2. The van der Waals surface area contributed by atoms with Gasteiger partial charge < -0.3 is 58.0 Å². The molecular weight excluding hydrogens is 628 g/mol. The van der Waals surface area contributed by atoms with E-state index in [9.17, 15) is 9.59 Å². The lowest BCUT2D eigenvalue weighted by atomic mass is 10.2. The monoisotopic (exact) mass is 680 g/mol. The third kappa shape index (κ3) is 25.7. The van der Waals surface area contributed by atoms with Crippen molar-refractivity contribution in [3.05, 3.63) is 71.8 Å². The average Bonchev–Trinajstić information content (AvgIpc) is 3.12. The van der Waals surface area contributed by atoms with Gasteiger partial charge in [0.2, 0.25) is 0 Å². The van der Waals surface area contributed by atoms with E-state index in [2.05, 4.69) is 10.6 Å². The Kier molecular flexibility index (Phi) is 26.3. The van der Waals surface area contributed by atoms with Crippen LogP contribution in [0.2, 0.25) is 0 Å². The summed E-state index contributed by atoms with van der Waals surface area (Å²) in [5, 5.41) is 5.28. The molecular formula is C34H52N2O12. The molecule has 0 heterocycles. The van der Waals surface area contributed by atoms with Gasteiger partial charge >= 0.3 is 12.2 Å². The first-order chi connectivity index (χ1) is 23.7. The second-order valence-electron chi connectivity index (χ2n) is 9.88. The van der Waals surface area contributed by atoms with Crippen LogP contribution in [0.25, 0.3) is 0 Å². The predicted octanol–water partition coefficient (Wildman–Crippen LogP) is 2.97. The molecule has 0 saturated carbocycles. The maximum Gasteiger partial charge on any atom is 0.407 e. The van der Waals surface area contributed by atoms with Gasteiger partial charge in [0.25, 0.3) is 0 Å². The Morgan fingerprint density at radius 3 is 0.896 bits per heavy atom. The fourth-order valence-corrected chi connectivity index (χ4v) is 3.64. The zero-order valence-electron chi connectivity index (χ0n) is 27.8. The molecule has 0 saturated heterocycles. The maximum atomic E-state index is 11.6. The number of hydrogen-bond acceptors (Lipinski definition) is 12. The minimum Gasteiger partial charge on any atom is -0.445 e. The van der Waals surface area contributed by atoms with Crippen molar-refractivity contribution in [3.63, 3.8) is 0 Å². The highest BCUT2D eigenvalue weighted by Gasteiger charge is 2.03. The number of carbonyl (C=O) groups is 2. The molecule has 0 spiro atoms. The Morgan fingerprint density at radius 2 is 0.625 bits per heavy atom. The predicted molar refractivity (Wildman–Crippen MR) is 176 cm³/mol. The van der Waals surface area contributed by atoms with E-state index in [0.29, 0.717) is 119 Å². The van der Waals surface area contributed by atoms with Crippen molar-refractivity contribution in [2.75, 3.05) is 119 Å². The first-order valence-electron chi connectivity index (χ1n) is 16.2. The highest BCUT2D eigenvalue weighted by Crippen LogP contribution is 2.01. The number of rotatable bonds is 31. The Hall–Kier alpha value is -3.34. The van der Waals surface area contributed by atoms with Gasteiger partial charge in [0.05, 0.1) is 106 Å². The van der Waals surface area contributed by atoms with Gasteiger partial charge in [-0.3, -0.25) is 0 Å². The van der Waals surface area contributed by atoms with E-state index in [-0.39, 0.29) is 13.2 Å². The van der Waals surface area contributed by atoms with Gasteiger partial charge in [0.1, 0.15) is 13.2 Å². The van der Waals surface area contributed by atoms with Crippen LogP contribution in [-0.2, 0) is 60.6 Å². The number of nitrogens with one attached hydrogen (secondary N) is 2. The summed E-state index contributed by atoms with van der Waals surface area (Å²) in [7, 11) is 0. The fourth-order valence-electron chi connectivity index (χ4n) is 3.64. The number of amides is 2. The quantitative estimate of drug-likeness (QED) is 0.113. The van der Waals surface area contributed by atoms with E-state index in [4.69, 9.17) is 47.4 Å². The van der Waals surface area contributed by atoms with Crippen molar-refractivity contribution in [1.29, 1.82) is 0 Å². The molecule has 270 valence electrons. The standard InChI is InChI=1S/C34H52N2O12/c37-33(47-29-31-7-3-1-4-8-31)35-11-13-39-15-17-41-19-21-43-23-25-45-27-28-46-26-24-44-22-20-42-18-16-40-14-12-36-34(38)48-30-32-9-5-2-6-10-32/h1-10H,11-30H2,(H,35,37)(H,36,38). The summed E-state index contributed by atoms with van der Waals surface area (Å²) in [4.78, 5) is 23.3. The molecule has 0 bridgehead atoms. The summed E-state index contributed by atoms with van der Waals surface area (Å²) in [6.45, 7) is 8.38. The zero-order valence-corrected chi connectivity index (χ0v) is 27.8. The van der Waals surface area contributed by atoms with Crippen molar-refractivity contribution >= 4 is 12.2 Å². The number of carbonyl (C=O) groups excluding carboxylic acids is 2. The third-order valence-electron chi connectivity index (χ3n) is 6.06. The van der Waals surface area contributed by atoms with Crippen LogP contribution in [0.3, 0.4) is 0 Å². The van der Waals surface area contributed by atoms with E-state index in [1.54, 1.807) is 0 Å². The first kappa shape index (κ1) is 40.8. The van der Waals surface area contributed by atoms with Crippen molar-refractivity contribution in [1.82, 2.24) is 10.6 Å². The molecule has 2 amide bonds. The summed E-state index contributed by atoms with van der Waals surface area (Å²) in [6.07, 6.45) is -0.946. The van der Waals surface area contributed by atoms with Crippen LogP contribution in [-0.4, -0.2) is 131 Å². The minimum absolute atomic E-state index is 0.234. The van der Waals surface area contributed by atoms with Gasteiger partial charge in [-0.15, -0.1) is 0 Å². The molecule has 0 aromatic heterocycles. The van der Waals surface area contributed by atoms with Gasteiger partial charge in [-0.2, -0.15) is 0 Å². The van der Waals surface area contributed by atoms with Gasteiger partial charge in [-0.25, -0.2) is 9.59 Å². The molecule has 2 aromatic carbocycles. The van der Waals surface area contributed by atoms with Gasteiger partial charge in [0, 0.05) is 13.1 Å². The number of hydrogen-bond donors (Lipinski definition) is 2. The van der Waals surface area contributed by atoms with E-state index in [1.165, 1.54) is 0 Å². The topological polar surface area (TPSA) is 150 Å². The lowest BCUT2D eigenvalue weighted by molar-refractivity contribution is -0.0229. The lowest BCUT2D eigenvalue weighted by Crippen LogP contribution is -2.28. The van der Waals surface area contributed by atoms with E-state index >= 15 is 0 Å². The van der Waals surface area contributed by atoms with E-state index in [1.807, 2.05) is 60.7 Å². The van der Waals surface area contributed by atoms with E-state index in [0.717, 1.165) is 11.1 Å². The Labute approximate surface area is 283 Å². The number of alkyl carbamates (subject to hydrolysis) is 2. The van der Waals surface area contributed by atoms with Crippen LogP contribution in [0.4, 0.5) is 9.59 Å². The van der Waals surface area contributed by atoms with Crippen molar-refractivity contribution in [3.8, 4) is 0 Å². The van der Waals surface area contributed by atoms with Crippen molar-refractivity contribution in [2.45, 2.75) is 13.2 Å². The van der Waals surface area contributed by atoms with E-state index < -0.39 is 12.2 Å². The van der Waals surface area contributed by atoms with Crippen LogP contribution >= 0.6 is 0 Å². The molecule has 0 aliphatic carbocycles. The second kappa shape index (κ2) is 31.0. The molecule has 0 fully saturated rings. The molecule has 2 aromatic rings. The Bertz CT molecular complexity index is 938. The molecule has 0 unspecified atom stereocenters. The highest BCUT2D eigenvalue weighted by molar-refractivity contribution is 5.67. The molecule has 14 nitrogen and oxygen atoms in total. The summed E-state index contributed by atoms with van der Waals surface area (Å²) < 4.78 is 53.8. The zero-order chi connectivity index (χ0) is 34.0. The lowest BCUT2D eigenvalue weighted by Gasteiger charge is -2.09. The smallest absolute Gasteiger partial charge is 0.407 e. The van der Waals surface area contributed by atoms with Gasteiger partial charge in [-0.1, -0.05) is 60.7 Å². The summed E-state index contributed by atoms with van der Waals surface area (Å²) in [5.74, 6) is 0. The molecule has 0 radical (unpaired) electrons. The van der Waals surface area contributed by atoms with Crippen molar-refractivity contribution < 1.29 is 57.0 Å². The third-order valence-corrected chi connectivity index (χ3v) is 6.06. The van der Waals surface area contributed by atoms with Crippen LogP contribution in [0, 0.1) is 0 Å². The van der Waals surface area contributed by atoms with Crippen LogP contribution in [0.15, 0.2) is 60.7 Å². The van der Waals surface area contributed by atoms with Gasteiger partial charge in [0.15, 0.2) is 0 Å². The normalized spacial score (nSPS) is 10.9. The molecule has 0 aliphatic heterocycles. The van der Waals surface area contributed by atoms with Crippen LogP contribution in [0.1, 0.15) is 11.1 Å². The second-order valence-corrected chi connectivity index (χ2v) is 9.88. The first-order valence-corrected chi connectivity index (χ1v) is 16.2. The maximum absolute atomic E-state index is 11.6. The molecule has 48 heavy (non-hydrogen) atoms. The molecule has 0 atom stereocenters. The highest BCUT2D eigenvalue weighted by atomic mass is 16.6. The molecule has 2 N–H and O–H groups in total. The van der Waals surface area contributed by atoms with Crippen LogP contribution in [0.5, 0.6) is 0 Å². The minimum atomic E-state index is -0.473.